The van der Waals surface area contributed by atoms with Gasteiger partial charge < -0.3 is 14.5 Å². The third kappa shape index (κ3) is 1.96. The Balaban J connectivity index is 1.64. The molecule has 2 aromatic rings. The van der Waals surface area contributed by atoms with Gasteiger partial charge in [-0.1, -0.05) is 5.16 Å². The smallest absolute Gasteiger partial charge is 0.335 e. The number of amides is 1. The summed E-state index contributed by atoms with van der Waals surface area (Å²) >= 11 is 0. The lowest BCUT2D eigenvalue weighted by Crippen LogP contribution is -2.46. The summed E-state index contributed by atoms with van der Waals surface area (Å²) in [6.07, 6.45) is 1.68. The third-order valence-electron chi connectivity index (χ3n) is 4.76. The molecule has 3 aliphatic rings. The maximum atomic E-state index is 12.8. The van der Waals surface area contributed by atoms with Gasteiger partial charge in [0, 0.05) is 12.1 Å². The topological polar surface area (TPSA) is 96.5 Å². The van der Waals surface area contributed by atoms with Crippen molar-refractivity contribution in [3.05, 3.63) is 47.1 Å². The minimum Gasteiger partial charge on any atom is -0.478 e. The lowest BCUT2D eigenvalue weighted by atomic mass is 9.73. The first-order valence-electron chi connectivity index (χ1n) is 7.46. The number of fused-ring (bicyclic) bond motifs is 1. The van der Waals surface area contributed by atoms with E-state index in [0.717, 1.165) is 12.8 Å². The van der Waals surface area contributed by atoms with E-state index in [4.69, 9.17) is 9.63 Å². The van der Waals surface area contributed by atoms with Crippen molar-refractivity contribution in [3.8, 4) is 0 Å². The van der Waals surface area contributed by atoms with Crippen molar-refractivity contribution in [1.82, 2.24) is 15.0 Å². The summed E-state index contributed by atoms with van der Waals surface area (Å²) in [7, 11) is 0. The Morgan fingerprint density at radius 2 is 1.91 bits per heavy atom. The molecule has 2 bridgehead atoms. The Morgan fingerprint density at radius 3 is 2.48 bits per heavy atom. The fourth-order valence-electron chi connectivity index (χ4n) is 3.64. The Hall–Kier alpha value is -2.70. The van der Waals surface area contributed by atoms with Gasteiger partial charge in [0.05, 0.1) is 5.56 Å². The van der Waals surface area contributed by atoms with Crippen LogP contribution in [0.2, 0.25) is 0 Å². The van der Waals surface area contributed by atoms with E-state index in [0.29, 0.717) is 29.7 Å². The van der Waals surface area contributed by atoms with Crippen LogP contribution in [0.4, 0.5) is 0 Å². The molecule has 2 aliphatic heterocycles. The number of carbonyl (C=O) groups excluding carboxylic acids is 1. The number of aromatic carboxylic acids is 1. The predicted octanol–water partition coefficient (Wildman–Crippen LogP) is 1.84. The summed E-state index contributed by atoms with van der Waals surface area (Å²) < 4.78 is 5.32. The van der Waals surface area contributed by atoms with Crippen molar-refractivity contribution in [1.29, 1.82) is 0 Å². The fourth-order valence-corrected chi connectivity index (χ4v) is 3.64. The highest BCUT2D eigenvalue weighted by Gasteiger charge is 2.62. The molecule has 3 heterocycles. The summed E-state index contributed by atoms with van der Waals surface area (Å²) in [5.41, 5.74) is 0.141. The lowest BCUT2D eigenvalue weighted by molar-refractivity contribution is 0.0428. The molecule has 23 heavy (non-hydrogen) atoms. The van der Waals surface area contributed by atoms with E-state index in [1.54, 1.807) is 24.0 Å². The quantitative estimate of drug-likeness (QED) is 0.928. The molecule has 7 heteroatoms. The van der Waals surface area contributed by atoms with Gasteiger partial charge in [-0.3, -0.25) is 4.79 Å². The maximum absolute atomic E-state index is 12.8. The van der Waals surface area contributed by atoms with Crippen molar-refractivity contribution >= 4 is 11.9 Å². The lowest BCUT2D eigenvalue weighted by Gasteiger charge is -2.38. The van der Waals surface area contributed by atoms with Crippen molar-refractivity contribution in [2.75, 3.05) is 6.54 Å². The van der Waals surface area contributed by atoms with Crippen LogP contribution < -0.4 is 0 Å². The Morgan fingerprint density at radius 1 is 1.26 bits per heavy atom. The normalized spacial score (nSPS) is 25.3. The average molecular weight is 313 g/mol. The first-order chi connectivity index (χ1) is 11.0. The van der Waals surface area contributed by atoms with Gasteiger partial charge in [0.1, 0.15) is 5.54 Å². The van der Waals surface area contributed by atoms with E-state index in [1.165, 1.54) is 12.1 Å². The summed E-state index contributed by atoms with van der Waals surface area (Å²) in [4.78, 5) is 29.9. The summed E-state index contributed by atoms with van der Waals surface area (Å²) in [6, 6.07) is 5.99. The largest absolute Gasteiger partial charge is 0.478 e. The van der Waals surface area contributed by atoms with Crippen LogP contribution in [0.1, 0.15) is 45.3 Å². The molecule has 118 valence electrons. The van der Waals surface area contributed by atoms with Crippen molar-refractivity contribution in [2.24, 2.45) is 5.92 Å². The van der Waals surface area contributed by atoms with Crippen LogP contribution in [0.3, 0.4) is 0 Å². The number of rotatable bonds is 3. The summed E-state index contributed by atoms with van der Waals surface area (Å²) in [5, 5.41) is 12.8. The third-order valence-corrected chi connectivity index (χ3v) is 4.76. The molecule has 1 aromatic carbocycles. The number of nitrogens with zero attached hydrogens (tertiary/aromatic N) is 3. The molecule has 5 rings (SSSR count). The number of aromatic nitrogens is 2. The molecule has 1 aromatic heterocycles. The van der Waals surface area contributed by atoms with Gasteiger partial charge in [-0.05, 0) is 49.9 Å². The van der Waals surface area contributed by atoms with Gasteiger partial charge in [0.2, 0.25) is 0 Å². The molecule has 1 aliphatic carbocycles. The van der Waals surface area contributed by atoms with E-state index in [1.807, 2.05) is 0 Å². The molecule has 3 fully saturated rings. The molecule has 0 atom stereocenters. The number of aryl methyl sites for hydroxylation is 1. The van der Waals surface area contributed by atoms with Crippen molar-refractivity contribution < 1.29 is 19.2 Å². The maximum Gasteiger partial charge on any atom is 0.335 e. The monoisotopic (exact) mass is 313 g/mol. The van der Waals surface area contributed by atoms with Crippen molar-refractivity contribution in [3.63, 3.8) is 0 Å². The van der Waals surface area contributed by atoms with Crippen LogP contribution in [0, 0.1) is 12.8 Å². The van der Waals surface area contributed by atoms with Gasteiger partial charge in [0.25, 0.3) is 11.8 Å². The molecule has 2 saturated heterocycles. The number of carboxylic acids is 1. The van der Waals surface area contributed by atoms with E-state index < -0.39 is 11.5 Å². The first-order valence-corrected chi connectivity index (χ1v) is 7.46. The van der Waals surface area contributed by atoms with Crippen LogP contribution in [-0.4, -0.2) is 38.6 Å². The Kier molecular flexibility index (Phi) is 2.81. The van der Waals surface area contributed by atoms with Gasteiger partial charge in [0.15, 0.2) is 5.82 Å². The van der Waals surface area contributed by atoms with Crippen molar-refractivity contribution in [2.45, 2.75) is 25.3 Å². The van der Waals surface area contributed by atoms with Crippen LogP contribution in [-0.2, 0) is 5.54 Å². The Labute approximate surface area is 131 Å². The molecule has 1 N–H and O–H groups in total. The summed E-state index contributed by atoms with van der Waals surface area (Å²) in [6.45, 7) is 2.42. The predicted molar refractivity (Wildman–Crippen MR) is 77.9 cm³/mol. The summed E-state index contributed by atoms with van der Waals surface area (Å²) in [5.74, 6) is 0.384. The minimum absolute atomic E-state index is 0.127. The zero-order chi connectivity index (χ0) is 16.2. The van der Waals surface area contributed by atoms with E-state index >= 15 is 0 Å². The van der Waals surface area contributed by atoms with E-state index in [-0.39, 0.29) is 11.5 Å². The van der Waals surface area contributed by atoms with Gasteiger partial charge >= 0.3 is 5.97 Å². The van der Waals surface area contributed by atoms with Crippen LogP contribution in [0.25, 0.3) is 0 Å². The molecule has 1 amide bonds. The molecule has 1 saturated carbocycles. The van der Waals surface area contributed by atoms with Crippen LogP contribution >= 0.6 is 0 Å². The van der Waals surface area contributed by atoms with Gasteiger partial charge in [-0.25, -0.2) is 4.79 Å². The first kappa shape index (κ1) is 13.9. The number of carbonyl (C=O) groups is 2. The fraction of sp³-hybridized carbons (Fsp3) is 0.375. The zero-order valence-electron chi connectivity index (χ0n) is 12.5. The second-order valence-corrected chi connectivity index (χ2v) is 6.25. The second-order valence-electron chi connectivity index (χ2n) is 6.25. The van der Waals surface area contributed by atoms with Gasteiger partial charge in [-0.2, -0.15) is 4.98 Å². The van der Waals surface area contributed by atoms with Gasteiger partial charge in [-0.15, -0.1) is 0 Å². The highest BCUT2D eigenvalue weighted by atomic mass is 16.5. The second kappa shape index (κ2) is 4.65. The van der Waals surface area contributed by atoms with Crippen LogP contribution in [0.15, 0.2) is 28.8 Å². The SMILES string of the molecule is Cc1noc(C23CC(CN2C(=O)c2ccc(C(=O)O)cc2)C3)n1. The minimum atomic E-state index is -1.01. The number of benzene rings is 1. The zero-order valence-corrected chi connectivity index (χ0v) is 12.5. The molecular formula is C16H15N3O4. The van der Waals surface area contributed by atoms with E-state index in [9.17, 15) is 9.59 Å². The number of carboxylic acid groups (broad SMARTS) is 1. The molecular weight excluding hydrogens is 298 g/mol. The number of hydrogen-bond acceptors (Lipinski definition) is 5. The molecule has 0 radical (unpaired) electrons. The highest BCUT2D eigenvalue weighted by Crippen LogP contribution is 2.56. The Bertz CT molecular complexity index is 790. The average Bonchev–Trinajstić information content (AvgIpc) is 3.18. The number of hydrogen-bond donors (Lipinski definition) is 1. The molecule has 7 nitrogen and oxygen atoms in total. The molecule has 0 unspecified atom stereocenters. The van der Waals surface area contributed by atoms with Crippen LogP contribution in [0.5, 0.6) is 0 Å². The molecule has 0 spiro atoms. The highest BCUT2D eigenvalue weighted by molar-refractivity contribution is 5.96. The standard InChI is InChI=1S/C16H15N3O4/c1-9-17-15(23-18-9)16-6-10(7-16)8-19(16)13(20)11-2-4-12(5-3-11)14(21)22/h2-5,10H,6-8H2,1H3,(H,21,22). The van der Waals surface area contributed by atoms with E-state index in [2.05, 4.69) is 10.1 Å².